The van der Waals surface area contributed by atoms with Gasteiger partial charge in [0.25, 0.3) is 0 Å². The van der Waals surface area contributed by atoms with Crippen LogP contribution in [0.4, 0.5) is 0 Å². The van der Waals surface area contributed by atoms with Crippen LogP contribution in [0.5, 0.6) is 5.75 Å². The van der Waals surface area contributed by atoms with Crippen LogP contribution in [0.1, 0.15) is 10.4 Å². The van der Waals surface area contributed by atoms with E-state index in [2.05, 4.69) is 21.6 Å². The molecule has 0 aliphatic carbocycles. The average molecular weight is 226 g/mol. The Bertz CT molecular complexity index is 309. The fourth-order valence-corrected chi connectivity index (χ4v) is 1.28. The van der Waals surface area contributed by atoms with E-state index in [0.717, 1.165) is 4.35 Å². The molecule has 0 aliphatic rings. The molecule has 0 unspecified atom stereocenters. The van der Waals surface area contributed by atoms with Crippen molar-refractivity contribution in [1.29, 1.82) is 0 Å². The summed E-state index contributed by atoms with van der Waals surface area (Å²) in [5.74, 6) is -0.383. The molecular formula is C8H7AsO3. The average Bonchev–Trinajstić information content (AvgIpc) is 2.08. The van der Waals surface area contributed by atoms with Gasteiger partial charge in [-0.05, 0) is 0 Å². The van der Waals surface area contributed by atoms with Gasteiger partial charge < -0.3 is 0 Å². The minimum atomic E-state index is -0.443. The number of carbonyl (C=O) groups excluding carboxylic acids is 1. The van der Waals surface area contributed by atoms with Crippen molar-refractivity contribution in [3.8, 4) is 5.75 Å². The van der Waals surface area contributed by atoms with Crippen LogP contribution in [0.15, 0.2) is 18.2 Å². The van der Waals surface area contributed by atoms with E-state index >= 15 is 0 Å². The quantitative estimate of drug-likeness (QED) is 0.540. The maximum absolute atomic E-state index is 11.0. The van der Waals surface area contributed by atoms with Gasteiger partial charge in [-0.3, -0.25) is 0 Å². The number of ether oxygens (including phenoxy) is 1. The van der Waals surface area contributed by atoms with E-state index in [9.17, 15) is 4.79 Å². The Hall–Kier alpha value is -0.952. The van der Waals surface area contributed by atoms with E-state index in [0.29, 0.717) is 5.56 Å². The fraction of sp³-hybridized carbons (Fsp3) is 0.125. The number of esters is 1. The molecule has 1 aromatic rings. The van der Waals surface area contributed by atoms with E-state index in [4.69, 9.17) is 5.11 Å². The molecular weight excluding hydrogens is 219 g/mol. The number of hydrogen-bond donors (Lipinski definition) is 1. The Morgan fingerprint density at radius 3 is 2.83 bits per heavy atom. The Labute approximate surface area is 78.9 Å². The van der Waals surface area contributed by atoms with Crippen LogP contribution in [0.3, 0.4) is 0 Å². The molecule has 0 saturated heterocycles. The van der Waals surface area contributed by atoms with Crippen LogP contribution in [0.25, 0.3) is 0 Å². The third-order valence-corrected chi connectivity index (χ3v) is 2.20. The van der Waals surface area contributed by atoms with E-state index < -0.39 is 5.97 Å². The van der Waals surface area contributed by atoms with Crippen molar-refractivity contribution in [2.24, 2.45) is 0 Å². The summed E-state index contributed by atoms with van der Waals surface area (Å²) in [6, 6.07) is 4.53. The van der Waals surface area contributed by atoms with Gasteiger partial charge >= 0.3 is 78.4 Å². The van der Waals surface area contributed by atoms with Gasteiger partial charge in [0.1, 0.15) is 0 Å². The molecule has 1 N–H and O–H groups in total. The molecule has 0 spiro atoms. The van der Waals surface area contributed by atoms with Crippen molar-refractivity contribution in [2.45, 2.75) is 0 Å². The van der Waals surface area contributed by atoms with E-state index in [1.807, 2.05) is 0 Å². The van der Waals surface area contributed by atoms with Crippen molar-refractivity contribution in [3.63, 3.8) is 0 Å². The number of phenols is 1. The monoisotopic (exact) mass is 226 g/mol. The first-order valence-corrected chi connectivity index (χ1v) is 4.19. The van der Waals surface area contributed by atoms with E-state index in [1.165, 1.54) is 19.2 Å². The van der Waals surface area contributed by atoms with Gasteiger partial charge in [-0.15, -0.1) is 0 Å². The molecule has 0 amide bonds. The van der Waals surface area contributed by atoms with E-state index in [-0.39, 0.29) is 5.75 Å². The summed E-state index contributed by atoms with van der Waals surface area (Å²) < 4.78 is 5.24. The van der Waals surface area contributed by atoms with Crippen LogP contribution >= 0.6 is 0 Å². The van der Waals surface area contributed by atoms with Crippen LogP contribution in [-0.2, 0) is 4.74 Å². The normalized spacial score (nSPS) is 9.50. The topological polar surface area (TPSA) is 46.5 Å². The third-order valence-electron chi connectivity index (χ3n) is 1.39. The Kier molecular flexibility index (Phi) is 2.77. The number of carbonyl (C=O) groups is 1. The maximum atomic E-state index is 11.0. The molecule has 0 atom stereocenters. The zero-order valence-electron chi connectivity index (χ0n) is 6.44. The van der Waals surface area contributed by atoms with Crippen molar-refractivity contribution < 1.29 is 14.6 Å². The van der Waals surface area contributed by atoms with Crippen molar-refractivity contribution >= 4 is 27.2 Å². The van der Waals surface area contributed by atoms with Crippen molar-refractivity contribution in [3.05, 3.63) is 23.8 Å². The predicted molar refractivity (Wildman–Crippen MR) is 44.8 cm³/mol. The first kappa shape index (κ1) is 9.14. The number of hydrogen-bond acceptors (Lipinski definition) is 3. The summed E-state index contributed by atoms with van der Waals surface area (Å²) in [6.45, 7) is 0. The Balaban J connectivity index is 3.13. The first-order chi connectivity index (χ1) is 5.65. The van der Waals surface area contributed by atoms with Crippen LogP contribution in [0.2, 0.25) is 0 Å². The summed E-state index contributed by atoms with van der Waals surface area (Å²) in [5, 5.41) is 9.07. The second-order valence-corrected chi connectivity index (χ2v) is 3.20. The zero-order valence-corrected chi connectivity index (χ0v) is 8.32. The molecule has 2 radical (unpaired) electrons. The third kappa shape index (κ3) is 1.80. The van der Waals surface area contributed by atoms with Gasteiger partial charge in [-0.1, -0.05) is 0 Å². The predicted octanol–water partition coefficient (Wildman–Crippen LogP) is -0.0274. The van der Waals surface area contributed by atoms with Gasteiger partial charge in [0.15, 0.2) is 0 Å². The van der Waals surface area contributed by atoms with Gasteiger partial charge in [0.2, 0.25) is 0 Å². The van der Waals surface area contributed by atoms with Crippen molar-refractivity contribution in [1.82, 2.24) is 0 Å². The van der Waals surface area contributed by atoms with Crippen LogP contribution in [0, 0.1) is 0 Å². The summed E-state index contributed by atoms with van der Waals surface area (Å²) in [4.78, 5) is 11.0. The molecule has 0 fully saturated rings. The number of aromatic hydroxyl groups is 1. The van der Waals surface area contributed by atoms with E-state index in [1.54, 1.807) is 6.07 Å². The molecule has 1 rings (SSSR count). The molecule has 3 nitrogen and oxygen atoms in total. The molecule has 62 valence electrons. The Morgan fingerprint density at radius 1 is 1.58 bits per heavy atom. The molecule has 0 aromatic heterocycles. The molecule has 0 saturated carbocycles. The molecule has 0 aliphatic heterocycles. The number of rotatable bonds is 1. The molecule has 4 heteroatoms. The second-order valence-electron chi connectivity index (χ2n) is 2.19. The van der Waals surface area contributed by atoms with Gasteiger partial charge in [-0.25, -0.2) is 0 Å². The van der Waals surface area contributed by atoms with Crippen molar-refractivity contribution in [2.75, 3.05) is 7.11 Å². The second kappa shape index (κ2) is 3.63. The number of benzene rings is 1. The number of methoxy groups -OCH3 is 1. The summed E-state index contributed by atoms with van der Waals surface area (Å²) in [5.41, 5.74) is 0.373. The van der Waals surface area contributed by atoms with Crippen LogP contribution in [-0.4, -0.2) is 35.0 Å². The fourth-order valence-electron chi connectivity index (χ4n) is 0.797. The summed E-state index contributed by atoms with van der Waals surface area (Å²) in [7, 11) is 1.30. The summed E-state index contributed by atoms with van der Waals surface area (Å²) >= 11 is 2.24. The standard InChI is InChI=1S/C8H7AsO3/c1-12-8(11)6-4-5(10)2-3-7(6)9/h2-4,10H,1H3. The minimum absolute atomic E-state index is 0.0604. The molecule has 0 bridgehead atoms. The number of phenolic OH excluding ortho intramolecular Hbond substituents is 1. The molecule has 1 aromatic carbocycles. The van der Waals surface area contributed by atoms with Crippen LogP contribution < -0.4 is 4.35 Å². The van der Waals surface area contributed by atoms with Gasteiger partial charge in [-0.2, -0.15) is 0 Å². The molecule has 12 heavy (non-hydrogen) atoms. The van der Waals surface area contributed by atoms with Gasteiger partial charge in [0.05, 0.1) is 0 Å². The SMILES string of the molecule is COC(=O)c1cc(O)ccc1[As]. The Morgan fingerprint density at radius 2 is 2.25 bits per heavy atom. The first-order valence-electron chi connectivity index (χ1n) is 3.25. The van der Waals surface area contributed by atoms with Gasteiger partial charge in [0, 0.05) is 0 Å². The molecule has 0 heterocycles. The summed E-state index contributed by atoms with van der Waals surface area (Å²) in [6.07, 6.45) is 0. The zero-order chi connectivity index (χ0) is 9.14.